The van der Waals surface area contributed by atoms with Crippen molar-refractivity contribution >= 4 is 28.9 Å². The van der Waals surface area contributed by atoms with Crippen LogP contribution in [0.15, 0.2) is 36.4 Å². The highest BCUT2D eigenvalue weighted by Gasteiger charge is 2.22. The topological polar surface area (TPSA) is 82.1 Å². The third-order valence-electron chi connectivity index (χ3n) is 4.77. The maximum absolute atomic E-state index is 12.6. The second kappa shape index (κ2) is 10.5. The Kier molecular flexibility index (Phi) is 7.76. The molecule has 8 heteroatoms. The van der Waals surface area contributed by atoms with Gasteiger partial charge in [0.1, 0.15) is 4.88 Å². The molecule has 0 saturated carbocycles. The number of anilines is 1. The van der Waals surface area contributed by atoms with E-state index in [4.69, 9.17) is 9.84 Å². The predicted molar refractivity (Wildman–Crippen MR) is 114 cm³/mol. The quantitative estimate of drug-likeness (QED) is 0.641. The van der Waals surface area contributed by atoms with Crippen molar-refractivity contribution in [3.8, 4) is 10.4 Å². The number of aliphatic hydroxyl groups excluding tert-OH is 1. The van der Waals surface area contributed by atoms with Crippen LogP contribution in [0.5, 0.6) is 0 Å². The van der Waals surface area contributed by atoms with Gasteiger partial charge in [0.2, 0.25) is 5.91 Å². The number of hydrogen-bond donors (Lipinski definition) is 2. The molecule has 0 bridgehead atoms. The summed E-state index contributed by atoms with van der Waals surface area (Å²) in [7, 11) is 0. The first-order valence-electron chi connectivity index (χ1n) is 9.82. The molecule has 1 amide bonds. The molecule has 1 aliphatic rings. The van der Waals surface area contributed by atoms with E-state index in [-0.39, 0.29) is 25.7 Å². The smallest absolute Gasteiger partial charge is 0.350 e. The zero-order valence-electron chi connectivity index (χ0n) is 16.6. The van der Waals surface area contributed by atoms with Gasteiger partial charge in [0, 0.05) is 37.6 Å². The molecule has 0 spiro atoms. The summed E-state index contributed by atoms with van der Waals surface area (Å²) in [6.45, 7) is 6.34. The number of thiophene rings is 1. The fraction of sp³-hybridized carbons (Fsp3) is 0.429. The van der Waals surface area contributed by atoms with E-state index >= 15 is 0 Å². The first-order valence-corrected chi connectivity index (χ1v) is 10.6. The van der Waals surface area contributed by atoms with Gasteiger partial charge in [0.05, 0.1) is 25.4 Å². The number of rotatable bonds is 8. The lowest BCUT2D eigenvalue weighted by atomic mass is 10.2. The molecule has 1 aliphatic heterocycles. The van der Waals surface area contributed by atoms with Crippen LogP contribution in [0.4, 0.5) is 5.69 Å². The summed E-state index contributed by atoms with van der Waals surface area (Å²) < 4.78 is 5.17. The van der Waals surface area contributed by atoms with E-state index in [2.05, 4.69) is 15.1 Å². The Balaban J connectivity index is 1.68. The lowest BCUT2D eigenvalue weighted by molar-refractivity contribution is -0.117. The number of carbonyl (C=O) groups is 2. The zero-order chi connectivity index (χ0) is 20.6. The molecule has 7 nitrogen and oxygen atoms in total. The van der Waals surface area contributed by atoms with Gasteiger partial charge in [-0.05, 0) is 18.6 Å². The molecule has 0 aliphatic carbocycles. The van der Waals surface area contributed by atoms with E-state index in [9.17, 15) is 9.59 Å². The van der Waals surface area contributed by atoms with Gasteiger partial charge >= 0.3 is 5.97 Å². The molecular weight excluding hydrogens is 390 g/mol. The SMILES string of the molecule is CCOC(=O)c1sc(-c2ccccc2)cc1NC(=O)CN1CCN(CCO)CC1. The lowest BCUT2D eigenvalue weighted by Gasteiger charge is -2.33. The van der Waals surface area contributed by atoms with Gasteiger partial charge in [-0.1, -0.05) is 30.3 Å². The van der Waals surface area contributed by atoms with Crippen LogP contribution in [-0.4, -0.2) is 79.3 Å². The maximum Gasteiger partial charge on any atom is 0.350 e. The number of aliphatic hydroxyl groups is 1. The normalized spacial score (nSPS) is 15.2. The highest BCUT2D eigenvalue weighted by Crippen LogP contribution is 2.35. The summed E-state index contributed by atoms with van der Waals surface area (Å²) >= 11 is 1.32. The fourth-order valence-corrected chi connectivity index (χ4v) is 4.29. The Morgan fingerprint density at radius 2 is 1.83 bits per heavy atom. The lowest BCUT2D eigenvalue weighted by Crippen LogP contribution is -2.49. The van der Waals surface area contributed by atoms with Gasteiger partial charge in [-0.25, -0.2) is 4.79 Å². The van der Waals surface area contributed by atoms with Crippen molar-refractivity contribution in [1.29, 1.82) is 0 Å². The molecule has 0 atom stereocenters. The highest BCUT2D eigenvalue weighted by molar-refractivity contribution is 7.18. The predicted octanol–water partition coefficient (Wildman–Crippen LogP) is 2.14. The number of piperazine rings is 1. The summed E-state index contributed by atoms with van der Waals surface area (Å²) in [6, 6.07) is 11.6. The molecule has 0 unspecified atom stereocenters. The highest BCUT2D eigenvalue weighted by atomic mass is 32.1. The van der Waals surface area contributed by atoms with Gasteiger partial charge in [-0.15, -0.1) is 11.3 Å². The summed E-state index contributed by atoms with van der Waals surface area (Å²) in [5.41, 5.74) is 1.49. The van der Waals surface area contributed by atoms with Crippen molar-refractivity contribution in [2.24, 2.45) is 0 Å². The second-order valence-electron chi connectivity index (χ2n) is 6.83. The largest absolute Gasteiger partial charge is 0.462 e. The van der Waals surface area contributed by atoms with Crippen molar-refractivity contribution in [1.82, 2.24) is 9.80 Å². The van der Waals surface area contributed by atoms with Crippen molar-refractivity contribution in [2.75, 3.05) is 57.8 Å². The molecule has 156 valence electrons. The minimum absolute atomic E-state index is 0.149. The minimum Gasteiger partial charge on any atom is -0.462 e. The Labute approximate surface area is 174 Å². The number of benzene rings is 1. The average Bonchev–Trinajstić information content (AvgIpc) is 3.14. The zero-order valence-corrected chi connectivity index (χ0v) is 17.4. The van der Waals surface area contributed by atoms with E-state index < -0.39 is 5.97 Å². The molecule has 1 aromatic carbocycles. The van der Waals surface area contributed by atoms with Crippen LogP contribution in [-0.2, 0) is 9.53 Å². The summed E-state index contributed by atoms with van der Waals surface area (Å²) in [5, 5.41) is 11.9. The van der Waals surface area contributed by atoms with E-state index in [1.807, 2.05) is 36.4 Å². The number of β-amino-alcohol motifs (C(OH)–C–C–N with tert-alkyl or cyclic N) is 1. The molecule has 1 aromatic heterocycles. The molecule has 1 fully saturated rings. The van der Waals surface area contributed by atoms with Gasteiger partial charge in [0.15, 0.2) is 0 Å². The number of esters is 1. The average molecular weight is 418 g/mol. The Hall–Kier alpha value is -2.26. The number of ether oxygens (including phenoxy) is 1. The van der Waals surface area contributed by atoms with E-state index in [0.29, 0.717) is 17.1 Å². The van der Waals surface area contributed by atoms with Gasteiger partial charge < -0.3 is 15.2 Å². The Morgan fingerprint density at radius 1 is 1.14 bits per heavy atom. The van der Waals surface area contributed by atoms with Crippen molar-refractivity contribution in [3.05, 3.63) is 41.3 Å². The molecule has 1 saturated heterocycles. The molecule has 2 aromatic rings. The van der Waals surface area contributed by atoms with Crippen LogP contribution in [0.3, 0.4) is 0 Å². The number of nitrogens with zero attached hydrogens (tertiary/aromatic N) is 2. The van der Waals surface area contributed by atoms with Crippen molar-refractivity contribution < 1.29 is 19.4 Å². The summed E-state index contributed by atoms with van der Waals surface area (Å²) in [6.07, 6.45) is 0. The van der Waals surface area contributed by atoms with Crippen LogP contribution in [0.25, 0.3) is 10.4 Å². The van der Waals surface area contributed by atoms with Gasteiger partial charge in [-0.3, -0.25) is 14.6 Å². The second-order valence-corrected chi connectivity index (χ2v) is 7.88. The number of amides is 1. The van der Waals surface area contributed by atoms with Crippen LogP contribution in [0.2, 0.25) is 0 Å². The molecule has 2 N–H and O–H groups in total. The summed E-state index contributed by atoms with van der Waals surface area (Å²) in [4.78, 5) is 30.6. The number of hydrogen-bond acceptors (Lipinski definition) is 7. The van der Waals surface area contributed by atoms with Crippen LogP contribution >= 0.6 is 11.3 Å². The standard InChI is InChI=1S/C21H27N3O4S/c1-2-28-21(27)20-17(14-18(29-20)16-6-4-3-5-7-16)22-19(26)15-24-10-8-23(9-11-24)12-13-25/h3-7,14,25H,2,8-13,15H2,1H3,(H,22,26). The van der Waals surface area contributed by atoms with Crippen LogP contribution in [0, 0.1) is 0 Å². The molecule has 3 rings (SSSR count). The molecule has 2 heterocycles. The minimum atomic E-state index is -0.424. The first-order chi connectivity index (χ1) is 14.1. The number of nitrogens with one attached hydrogen (secondary N) is 1. The van der Waals surface area contributed by atoms with Crippen molar-refractivity contribution in [3.63, 3.8) is 0 Å². The van der Waals surface area contributed by atoms with Crippen LogP contribution in [0.1, 0.15) is 16.6 Å². The Morgan fingerprint density at radius 3 is 2.48 bits per heavy atom. The third-order valence-corrected chi connectivity index (χ3v) is 5.94. The first kappa shape index (κ1) is 21.4. The van der Waals surface area contributed by atoms with Crippen molar-refractivity contribution in [2.45, 2.75) is 6.92 Å². The molecule has 0 radical (unpaired) electrons. The van der Waals surface area contributed by atoms with E-state index in [1.54, 1.807) is 6.92 Å². The monoisotopic (exact) mass is 417 g/mol. The third kappa shape index (κ3) is 5.86. The number of carbonyl (C=O) groups excluding carboxylic acids is 2. The molecule has 29 heavy (non-hydrogen) atoms. The van der Waals surface area contributed by atoms with Crippen LogP contribution < -0.4 is 5.32 Å². The van der Waals surface area contributed by atoms with Gasteiger partial charge in [0.25, 0.3) is 0 Å². The maximum atomic E-state index is 12.6. The summed E-state index contributed by atoms with van der Waals surface area (Å²) in [5.74, 6) is -0.573. The fourth-order valence-electron chi connectivity index (χ4n) is 3.28. The Bertz CT molecular complexity index is 817. The van der Waals surface area contributed by atoms with Gasteiger partial charge in [-0.2, -0.15) is 0 Å². The molecular formula is C21H27N3O4S. The van der Waals surface area contributed by atoms with E-state index in [1.165, 1.54) is 11.3 Å². The van der Waals surface area contributed by atoms with E-state index in [0.717, 1.165) is 36.6 Å².